The zero-order valence-corrected chi connectivity index (χ0v) is 11.7. The van der Waals surface area contributed by atoms with Crippen LogP contribution in [0.15, 0.2) is 0 Å². The normalized spacial score (nSPS) is 10.5. The Balaban J connectivity index is 5.03. The second-order valence-electron chi connectivity index (χ2n) is 4.49. The molecule has 4 heteroatoms. The van der Waals surface area contributed by atoms with Gasteiger partial charge in [-0.25, -0.2) is 0 Å². The Morgan fingerprint density at radius 2 is 1.72 bits per heavy atom. The lowest BCUT2D eigenvalue weighted by Gasteiger charge is -2.31. The van der Waals surface area contributed by atoms with Crippen LogP contribution in [0.3, 0.4) is 0 Å². The quantitative estimate of drug-likeness (QED) is 0.664. The minimum Gasteiger partial charge on any atom is -0.341 e. The Morgan fingerprint density at radius 3 is 2.06 bits per heavy atom. The first-order valence-corrected chi connectivity index (χ1v) is 6.69. The van der Waals surface area contributed by atoms with Gasteiger partial charge in [0.1, 0.15) is 5.41 Å². The van der Waals surface area contributed by atoms with E-state index in [1.165, 1.54) is 0 Å². The number of rotatable bonds is 8. The molecule has 4 nitrogen and oxygen atoms in total. The number of carbonyl (C=O) groups excluding carboxylic acids is 1. The van der Waals surface area contributed by atoms with Crippen molar-refractivity contribution in [2.75, 3.05) is 13.1 Å². The fourth-order valence-corrected chi connectivity index (χ4v) is 2.24. The summed E-state index contributed by atoms with van der Waals surface area (Å²) in [5.74, 6) is -0.105. The molecular formula is C14H23N3O. The summed E-state index contributed by atoms with van der Waals surface area (Å²) in [6, 6.07) is 4.28. The molecule has 18 heavy (non-hydrogen) atoms. The lowest BCUT2D eigenvalue weighted by molar-refractivity contribution is -0.139. The molecule has 0 spiro atoms. The molecule has 0 aliphatic heterocycles. The molecule has 100 valence electrons. The molecule has 0 radical (unpaired) electrons. The minimum atomic E-state index is -0.894. The smallest absolute Gasteiger partial charge is 0.243 e. The van der Waals surface area contributed by atoms with E-state index in [0.717, 1.165) is 12.8 Å². The third-order valence-electron chi connectivity index (χ3n) is 3.14. The molecule has 1 amide bonds. The van der Waals surface area contributed by atoms with Gasteiger partial charge in [0.25, 0.3) is 0 Å². The van der Waals surface area contributed by atoms with Gasteiger partial charge in [-0.2, -0.15) is 10.5 Å². The first-order chi connectivity index (χ1) is 8.61. The van der Waals surface area contributed by atoms with Crippen molar-refractivity contribution in [1.29, 1.82) is 10.5 Å². The maximum absolute atomic E-state index is 12.5. The van der Waals surface area contributed by atoms with E-state index in [0.29, 0.717) is 32.4 Å². The molecule has 0 saturated carbocycles. The molecule has 0 aliphatic rings. The summed E-state index contributed by atoms with van der Waals surface area (Å²) < 4.78 is 0. The lowest BCUT2D eigenvalue weighted by Crippen LogP contribution is -2.43. The van der Waals surface area contributed by atoms with Crippen LogP contribution in [-0.2, 0) is 4.79 Å². The number of hydrogen-bond acceptors (Lipinski definition) is 3. The highest BCUT2D eigenvalue weighted by Crippen LogP contribution is 2.31. The van der Waals surface area contributed by atoms with Crippen LogP contribution in [0, 0.1) is 28.1 Å². The molecule has 0 rings (SSSR count). The van der Waals surface area contributed by atoms with Crippen LogP contribution < -0.4 is 0 Å². The van der Waals surface area contributed by atoms with Crippen molar-refractivity contribution in [1.82, 2.24) is 4.90 Å². The summed E-state index contributed by atoms with van der Waals surface area (Å²) in [6.07, 6.45) is 3.14. The molecule has 0 bridgehead atoms. The zero-order chi connectivity index (χ0) is 14.0. The van der Waals surface area contributed by atoms with Gasteiger partial charge in [-0.15, -0.1) is 0 Å². The van der Waals surface area contributed by atoms with Crippen molar-refractivity contribution >= 4 is 5.91 Å². The molecular weight excluding hydrogens is 226 g/mol. The van der Waals surface area contributed by atoms with E-state index in [2.05, 4.69) is 6.07 Å². The van der Waals surface area contributed by atoms with Gasteiger partial charge >= 0.3 is 0 Å². The van der Waals surface area contributed by atoms with E-state index in [-0.39, 0.29) is 5.91 Å². The van der Waals surface area contributed by atoms with Gasteiger partial charge in [-0.05, 0) is 19.8 Å². The average Bonchev–Trinajstić information content (AvgIpc) is 2.39. The van der Waals surface area contributed by atoms with Crippen LogP contribution in [0.4, 0.5) is 0 Å². The monoisotopic (exact) mass is 249 g/mol. The van der Waals surface area contributed by atoms with E-state index in [1.807, 2.05) is 26.8 Å². The summed E-state index contributed by atoms with van der Waals surface area (Å²) in [6.45, 7) is 6.83. The highest BCUT2D eigenvalue weighted by Gasteiger charge is 2.39. The fourth-order valence-electron chi connectivity index (χ4n) is 2.24. The van der Waals surface area contributed by atoms with Gasteiger partial charge in [0.2, 0.25) is 5.91 Å². The second kappa shape index (κ2) is 8.53. The average molecular weight is 249 g/mol. The molecule has 0 aliphatic carbocycles. The molecule has 0 fully saturated rings. The Bertz CT molecular complexity index is 332. The van der Waals surface area contributed by atoms with E-state index in [9.17, 15) is 10.1 Å². The lowest BCUT2D eigenvalue weighted by atomic mass is 9.79. The van der Waals surface area contributed by atoms with E-state index < -0.39 is 5.41 Å². The SMILES string of the molecule is CCCC(C#N)(CCC)C(=O)N(CC)CCC#N. The first-order valence-electron chi connectivity index (χ1n) is 6.69. The maximum atomic E-state index is 12.5. The Kier molecular flexibility index (Phi) is 7.79. The fraction of sp³-hybridized carbons (Fsp3) is 0.786. The largest absolute Gasteiger partial charge is 0.341 e. The third kappa shape index (κ3) is 4.04. The van der Waals surface area contributed by atoms with Gasteiger partial charge in [-0.1, -0.05) is 26.7 Å². The van der Waals surface area contributed by atoms with Crippen LogP contribution >= 0.6 is 0 Å². The van der Waals surface area contributed by atoms with Crippen molar-refractivity contribution < 1.29 is 4.79 Å². The van der Waals surface area contributed by atoms with Gasteiger partial charge in [0, 0.05) is 13.1 Å². The van der Waals surface area contributed by atoms with Crippen molar-refractivity contribution in [3.63, 3.8) is 0 Å². The van der Waals surface area contributed by atoms with Crippen LogP contribution in [0.25, 0.3) is 0 Å². The molecule has 0 saturated heterocycles. The number of carbonyl (C=O) groups is 1. The van der Waals surface area contributed by atoms with Gasteiger partial charge in [-0.3, -0.25) is 4.79 Å². The van der Waals surface area contributed by atoms with Crippen LogP contribution in [0.2, 0.25) is 0 Å². The minimum absolute atomic E-state index is 0.105. The topological polar surface area (TPSA) is 67.9 Å². The molecule has 0 heterocycles. The highest BCUT2D eigenvalue weighted by atomic mass is 16.2. The molecule has 0 unspecified atom stereocenters. The number of nitriles is 2. The molecule has 0 N–H and O–H groups in total. The van der Waals surface area contributed by atoms with E-state index >= 15 is 0 Å². The highest BCUT2D eigenvalue weighted by molar-refractivity contribution is 5.85. The van der Waals surface area contributed by atoms with E-state index in [1.54, 1.807) is 4.90 Å². The van der Waals surface area contributed by atoms with Crippen LogP contribution in [-0.4, -0.2) is 23.9 Å². The Morgan fingerprint density at radius 1 is 1.17 bits per heavy atom. The predicted octanol–water partition coefficient (Wildman–Crippen LogP) is 2.86. The number of hydrogen-bond donors (Lipinski definition) is 0. The van der Waals surface area contributed by atoms with Crippen molar-refractivity contribution in [3.05, 3.63) is 0 Å². The summed E-state index contributed by atoms with van der Waals surface area (Å²) >= 11 is 0. The molecule has 0 atom stereocenters. The van der Waals surface area contributed by atoms with Gasteiger partial charge in [0.15, 0.2) is 0 Å². The number of nitrogens with zero attached hydrogens (tertiary/aromatic N) is 3. The van der Waals surface area contributed by atoms with Gasteiger partial charge < -0.3 is 4.90 Å². The summed E-state index contributed by atoms with van der Waals surface area (Å²) in [5, 5.41) is 18.0. The molecule has 0 aromatic carbocycles. The Hall–Kier alpha value is -1.55. The van der Waals surface area contributed by atoms with Crippen LogP contribution in [0.1, 0.15) is 52.9 Å². The van der Waals surface area contributed by atoms with Crippen molar-refractivity contribution in [2.45, 2.75) is 52.9 Å². The van der Waals surface area contributed by atoms with E-state index in [4.69, 9.17) is 5.26 Å². The summed E-state index contributed by atoms with van der Waals surface area (Å²) in [4.78, 5) is 14.1. The molecule has 0 aromatic rings. The third-order valence-corrected chi connectivity index (χ3v) is 3.14. The van der Waals surface area contributed by atoms with Crippen molar-refractivity contribution in [2.24, 2.45) is 5.41 Å². The van der Waals surface area contributed by atoms with Crippen LogP contribution in [0.5, 0.6) is 0 Å². The van der Waals surface area contributed by atoms with Gasteiger partial charge in [0.05, 0.1) is 18.6 Å². The maximum Gasteiger partial charge on any atom is 0.243 e. The predicted molar refractivity (Wildman–Crippen MR) is 70.3 cm³/mol. The first kappa shape index (κ1) is 16.4. The molecule has 0 aromatic heterocycles. The summed E-state index contributed by atoms with van der Waals surface area (Å²) in [5.41, 5.74) is -0.894. The zero-order valence-electron chi connectivity index (χ0n) is 11.7. The standard InChI is InChI=1S/C14H23N3O/c1-4-8-14(12-16,9-5-2)13(18)17(6-3)11-7-10-15/h4-9,11H2,1-3H3. The Labute approximate surface area is 110 Å². The summed E-state index contributed by atoms with van der Waals surface area (Å²) in [7, 11) is 0. The second-order valence-corrected chi connectivity index (χ2v) is 4.49. The number of amides is 1. The van der Waals surface area contributed by atoms with Crippen molar-refractivity contribution in [3.8, 4) is 12.1 Å².